The minimum Gasteiger partial charge on any atom is -0.480 e. The molecule has 0 aromatic heterocycles. The molecule has 0 radical (unpaired) electrons. The molecule has 6 nitrogen and oxygen atoms in total. The number of rotatable bonds is 4. The zero-order valence-electron chi connectivity index (χ0n) is 13.0. The van der Waals surface area contributed by atoms with Crippen LogP contribution in [0.25, 0.3) is 0 Å². The smallest absolute Gasteiger partial charge is 0.326 e. The van der Waals surface area contributed by atoms with Crippen LogP contribution < -0.4 is 5.32 Å². The van der Waals surface area contributed by atoms with Crippen molar-refractivity contribution in [2.24, 2.45) is 0 Å². The molecule has 1 aliphatic rings. The Kier molecular flexibility index (Phi) is 5.02. The second-order valence-corrected chi connectivity index (χ2v) is 6.61. The summed E-state index contributed by atoms with van der Waals surface area (Å²) in [6.07, 6.45) is 1.13. The molecular formula is C14H26N2O4. The number of ether oxygens (including phenoxy) is 1. The Hall–Kier alpha value is -1.30. The fraction of sp³-hybridized carbons (Fsp3) is 0.857. The summed E-state index contributed by atoms with van der Waals surface area (Å²) < 4.78 is 5.90. The third-order valence-electron chi connectivity index (χ3n) is 3.16. The van der Waals surface area contributed by atoms with Crippen molar-refractivity contribution in [3.63, 3.8) is 0 Å². The minimum absolute atomic E-state index is 0.338. The number of carboxylic acids is 1. The first-order valence-corrected chi connectivity index (χ1v) is 7.05. The fourth-order valence-electron chi connectivity index (χ4n) is 2.72. The molecule has 1 atom stereocenters. The Morgan fingerprint density at radius 2 is 1.75 bits per heavy atom. The Morgan fingerprint density at radius 3 is 2.15 bits per heavy atom. The number of carbonyl (C=O) groups is 2. The van der Waals surface area contributed by atoms with Crippen LogP contribution in [0.4, 0.5) is 4.79 Å². The molecule has 0 spiro atoms. The first-order valence-electron chi connectivity index (χ1n) is 7.05. The van der Waals surface area contributed by atoms with E-state index >= 15 is 0 Å². The number of carboxylic acid groups (broad SMARTS) is 1. The third kappa shape index (κ3) is 4.67. The molecule has 0 aromatic rings. The molecule has 1 saturated heterocycles. The summed E-state index contributed by atoms with van der Waals surface area (Å²) in [4.78, 5) is 25.0. The maximum absolute atomic E-state index is 12.3. The highest BCUT2D eigenvalue weighted by atomic mass is 16.5. The Bertz CT molecular complexity index is 363. The molecule has 0 aliphatic carbocycles. The second kappa shape index (κ2) is 5.99. The van der Waals surface area contributed by atoms with E-state index in [2.05, 4.69) is 5.32 Å². The van der Waals surface area contributed by atoms with Crippen molar-refractivity contribution in [1.82, 2.24) is 10.2 Å². The number of hydrogen-bond donors (Lipinski definition) is 2. The highest BCUT2D eigenvalue weighted by Gasteiger charge is 2.40. The molecule has 1 heterocycles. The quantitative estimate of drug-likeness (QED) is 0.826. The van der Waals surface area contributed by atoms with Gasteiger partial charge in [-0.05, 0) is 34.1 Å². The predicted molar refractivity (Wildman–Crippen MR) is 75.7 cm³/mol. The van der Waals surface area contributed by atoms with E-state index in [0.717, 1.165) is 0 Å². The molecule has 2 N–H and O–H groups in total. The SMILES string of the molecule is CCCC(NC(=O)N1CC(C)(C)OC(C)(C)C1)C(=O)O. The summed E-state index contributed by atoms with van der Waals surface area (Å²) in [5.74, 6) is -0.994. The zero-order chi connectivity index (χ0) is 15.6. The lowest BCUT2D eigenvalue weighted by Gasteiger charge is -2.47. The van der Waals surface area contributed by atoms with Crippen LogP contribution in [0.5, 0.6) is 0 Å². The third-order valence-corrected chi connectivity index (χ3v) is 3.16. The van der Waals surface area contributed by atoms with E-state index in [0.29, 0.717) is 25.9 Å². The normalized spacial score (nSPS) is 22.1. The van der Waals surface area contributed by atoms with Gasteiger partial charge in [-0.3, -0.25) is 0 Å². The summed E-state index contributed by atoms with van der Waals surface area (Å²) in [6, 6.07) is -1.17. The fourth-order valence-corrected chi connectivity index (χ4v) is 2.72. The van der Waals surface area contributed by atoms with Crippen molar-refractivity contribution in [3.8, 4) is 0 Å². The molecule has 20 heavy (non-hydrogen) atoms. The monoisotopic (exact) mass is 286 g/mol. The van der Waals surface area contributed by atoms with E-state index in [1.54, 1.807) is 4.90 Å². The number of urea groups is 1. The highest BCUT2D eigenvalue weighted by molar-refractivity contribution is 5.82. The first-order chi connectivity index (χ1) is 9.06. The first kappa shape index (κ1) is 16.8. The number of amides is 2. The van der Waals surface area contributed by atoms with E-state index in [-0.39, 0.29) is 6.03 Å². The number of nitrogens with zero attached hydrogens (tertiary/aromatic N) is 1. The van der Waals surface area contributed by atoms with Crippen LogP contribution in [0.15, 0.2) is 0 Å². The standard InChI is InChI=1S/C14H26N2O4/c1-6-7-10(11(17)18)15-12(19)16-8-13(2,3)20-14(4,5)9-16/h10H,6-9H2,1-5H3,(H,15,19)(H,17,18). The van der Waals surface area contributed by atoms with Gasteiger partial charge in [-0.25, -0.2) is 9.59 Å². The Morgan fingerprint density at radius 1 is 1.25 bits per heavy atom. The lowest BCUT2D eigenvalue weighted by molar-refractivity contribution is -0.170. The summed E-state index contributed by atoms with van der Waals surface area (Å²) in [5, 5.41) is 11.7. The van der Waals surface area contributed by atoms with Crippen LogP contribution in [-0.2, 0) is 9.53 Å². The molecule has 6 heteroatoms. The Labute approximate surface area is 120 Å². The molecule has 0 saturated carbocycles. The largest absolute Gasteiger partial charge is 0.480 e. The van der Waals surface area contributed by atoms with Gasteiger partial charge in [0.15, 0.2) is 0 Å². The van der Waals surface area contributed by atoms with Crippen molar-refractivity contribution >= 4 is 12.0 Å². The van der Waals surface area contributed by atoms with Crippen LogP contribution in [0.3, 0.4) is 0 Å². The van der Waals surface area contributed by atoms with Gasteiger partial charge in [0.1, 0.15) is 6.04 Å². The maximum Gasteiger partial charge on any atom is 0.326 e. The van der Waals surface area contributed by atoms with Gasteiger partial charge in [0.2, 0.25) is 0 Å². The lowest BCUT2D eigenvalue weighted by Crippen LogP contribution is -2.61. The van der Waals surface area contributed by atoms with Crippen molar-refractivity contribution in [2.45, 2.75) is 64.7 Å². The van der Waals surface area contributed by atoms with Crippen LogP contribution in [0.1, 0.15) is 47.5 Å². The van der Waals surface area contributed by atoms with Gasteiger partial charge < -0.3 is 20.1 Å². The van der Waals surface area contributed by atoms with Crippen LogP contribution >= 0.6 is 0 Å². The van der Waals surface area contributed by atoms with Gasteiger partial charge in [-0.1, -0.05) is 13.3 Å². The van der Waals surface area contributed by atoms with Gasteiger partial charge in [-0.2, -0.15) is 0 Å². The minimum atomic E-state index is -0.994. The van der Waals surface area contributed by atoms with E-state index in [1.165, 1.54) is 0 Å². The Balaban J connectivity index is 2.73. The summed E-state index contributed by atoms with van der Waals surface area (Å²) >= 11 is 0. The van der Waals surface area contributed by atoms with Gasteiger partial charge in [0.25, 0.3) is 0 Å². The van der Waals surface area contributed by atoms with Crippen molar-refractivity contribution in [1.29, 1.82) is 0 Å². The average Bonchev–Trinajstić information content (AvgIpc) is 2.23. The predicted octanol–water partition coefficient (Wildman–Crippen LogP) is 1.84. The van der Waals surface area contributed by atoms with E-state index in [1.807, 2.05) is 34.6 Å². The highest BCUT2D eigenvalue weighted by Crippen LogP contribution is 2.28. The molecule has 0 bridgehead atoms. The van der Waals surface area contributed by atoms with Crippen LogP contribution in [0.2, 0.25) is 0 Å². The van der Waals surface area contributed by atoms with E-state index in [4.69, 9.17) is 9.84 Å². The average molecular weight is 286 g/mol. The summed E-state index contributed by atoms with van der Waals surface area (Å²) in [7, 11) is 0. The van der Waals surface area contributed by atoms with E-state index in [9.17, 15) is 9.59 Å². The number of carbonyl (C=O) groups excluding carboxylic acids is 1. The number of hydrogen-bond acceptors (Lipinski definition) is 3. The van der Waals surface area contributed by atoms with Crippen molar-refractivity contribution < 1.29 is 19.4 Å². The van der Waals surface area contributed by atoms with Crippen molar-refractivity contribution in [3.05, 3.63) is 0 Å². The topological polar surface area (TPSA) is 78.9 Å². The molecule has 1 rings (SSSR count). The summed E-state index contributed by atoms with van der Waals surface area (Å²) in [6.45, 7) is 10.5. The molecule has 116 valence electrons. The number of nitrogens with one attached hydrogen (secondary N) is 1. The second-order valence-electron chi connectivity index (χ2n) is 6.61. The molecular weight excluding hydrogens is 260 g/mol. The maximum atomic E-state index is 12.3. The molecule has 1 aliphatic heterocycles. The number of aliphatic carboxylic acids is 1. The van der Waals surface area contributed by atoms with E-state index < -0.39 is 23.2 Å². The molecule has 2 amide bonds. The molecule has 1 fully saturated rings. The summed E-state index contributed by atoms with van der Waals surface area (Å²) in [5.41, 5.74) is -0.884. The molecule has 1 unspecified atom stereocenters. The number of morpholine rings is 1. The van der Waals surface area contributed by atoms with Gasteiger partial charge in [0, 0.05) is 0 Å². The van der Waals surface area contributed by atoms with Crippen molar-refractivity contribution in [2.75, 3.05) is 13.1 Å². The lowest BCUT2D eigenvalue weighted by atomic mass is 9.99. The van der Waals surface area contributed by atoms with Crippen LogP contribution in [-0.4, -0.2) is 52.3 Å². The van der Waals surface area contributed by atoms with Gasteiger partial charge >= 0.3 is 12.0 Å². The van der Waals surface area contributed by atoms with Crippen LogP contribution in [0, 0.1) is 0 Å². The molecule has 0 aromatic carbocycles. The zero-order valence-corrected chi connectivity index (χ0v) is 13.0. The van der Waals surface area contributed by atoms with Gasteiger partial charge in [0.05, 0.1) is 24.3 Å². The van der Waals surface area contributed by atoms with Gasteiger partial charge in [-0.15, -0.1) is 0 Å².